The number of fused-ring (bicyclic) bond motifs is 1. The van der Waals surface area contributed by atoms with Gasteiger partial charge in [-0.2, -0.15) is 4.98 Å². The first-order valence-corrected chi connectivity index (χ1v) is 12.3. The van der Waals surface area contributed by atoms with Gasteiger partial charge in [0.1, 0.15) is 0 Å². The predicted molar refractivity (Wildman–Crippen MR) is 128 cm³/mol. The van der Waals surface area contributed by atoms with E-state index in [-0.39, 0.29) is 0 Å². The fourth-order valence-corrected chi connectivity index (χ4v) is 5.17. The van der Waals surface area contributed by atoms with Crippen molar-refractivity contribution in [2.45, 2.75) is 39.3 Å². The molecule has 32 heavy (non-hydrogen) atoms. The molecule has 0 radical (unpaired) electrons. The third-order valence-electron chi connectivity index (χ3n) is 6.39. The van der Waals surface area contributed by atoms with E-state index >= 15 is 0 Å². The van der Waals surface area contributed by atoms with Crippen LogP contribution in [-0.4, -0.2) is 41.6 Å². The summed E-state index contributed by atoms with van der Waals surface area (Å²) in [6, 6.07) is 12.1. The van der Waals surface area contributed by atoms with Gasteiger partial charge in [-0.25, -0.2) is 4.98 Å². The predicted octanol–water partition coefficient (Wildman–Crippen LogP) is 5.13. The molecule has 3 aromatic rings. The van der Waals surface area contributed by atoms with Gasteiger partial charge >= 0.3 is 0 Å². The zero-order valence-electron chi connectivity index (χ0n) is 18.8. The van der Waals surface area contributed by atoms with Crippen LogP contribution in [0.3, 0.4) is 0 Å². The van der Waals surface area contributed by atoms with E-state index in [0.29, 0.717) is 17.4 Å². The topological polar surface area (TPSA) is 50.7 Å². The summed E-state index contributed by atoms with van der Waals surface area (Å²) >= 11 is 1.80. The number of rotatable bonds is 6. The Bertz CT molecular complexity index is 1050. The Kier molecular flexibility index (Phi) is 6.28. The fraction of sp³-hybridized carbons (Fsp3) is 0.440. The van der Waals surface area contributed by atoms with Gasteiger partial charge in [-0.05, 0) is 42.3 Å². The number of hydrogen-bond donors (Lipinski definition) is 0. The lowest BCUT2D eigenvalue weighted by atomic mass is 9.99. The van der Waals surface area contributed by atoms with Crippen molar-refractivity contribution in [2.75, 3.05) is 31.6 Å². The number of anilines is 1. The molecule has 0 saturated carbocycles. The molecule has 7 heteroatoms. The zero-order valence-corrected chi connectivity index (χ0v) is 19.6. The molecule has 0 unspecified atom stereocenters. The molecular weight excluding hydrogens is 420 g/mol. The minimum atomic E-state index is 0.656. The number of nitrogens with zero attached hydrogens (tertiary/aromatic N) is 4. The normalized spacial score (nSPS) is 17.2. The Hall–Kier alpha value is -2.64. The quantitative estimate of drug-likeness (QED) is 0.519. The van der Waals surface area contributed by atoms with Crippen molar-refractivity contribution < 1.29 is 9.47 Å². The highest BCUT2D eigenvalue weighted by atomic mass is 32.1. The molecule has 6 nitrogen and oxygen atoms in total. The van der Waals surface area contributed by atoms with Gasteiger partial charge in [0.2, 0.25) is 11.8 Å². The van der Waals surface area contributed by atoms with E-state index in [2.05, 4.69) is 34.2 Å². The van der Waals surface area contributed by atoms with Crippen LogP contribution in [0.1, 0.15) is 35.9 Å². The summed E-state index contributed by atoms with van der Waals surface area (Å²) in [7, 11) is 1.67. The maximum absolute atomic E-state index is 6.41. The average molecular weight is 451 g/mol. The van der Waals surface area contributed by atoms with E-state index in [9.17, 15) is 0 Å². The minimum absolute atomic E-state index is 0.656. The Balaban J connectivity index is 1.47. The molecule has 0 bridgehead atoms. The lowest BCUT2D eigenvalue weighted by molar-refractivity contribution is 0.239. The molecule has 4 heterocycles. The van der Waals surface area contributed by atoms with Crippen molar-refractivity contribution in [1.29, 1.82) is 0 Å². The van der Waals surface area contributed by atoms with Crippen LogP contribution in [0.2, 0.25) is 0 Å². The number of para-hydroxylation sites is 2. The van der Waals surface area contributed by atoms with Crippen LogP contribution in [0.5, 0.6) is 17.4 Å². The van der Waals surface area contributed by atoms with Gasteiger partial charge < -0.3 is 14.4 Å². The molecule has 168 valence electrons. The van der Waals surface area contributed by atoms with Gasteiger partial charge in [-0.15, -0.1) is 11.3 Å². The van der Waals surface area contributed by atoms with Gasteiger partial charge in [0.05, 0.1) is 18.4 Å². The summed E-state index contributed by atoms with van der Waals surface area (Å²) in [6.45, 7) is 7.04. The number of aromatic nitrogens is 2. The van der Waals surface area contributed by atoms with Gasteiger partial charge in [-0.3, -0.25) is 4.90 Å². The number of hydrogen-bond acceptors (Lipinski definition) is 7. The van der Waals surface area contributed by atoms with Crippen molar-refractivity contribution in [3.8, 4) is 17.4 Å². The second-order valence-corrected chi connectivity index (χ2v) is 9.75. The molecule has 0 spiro atoms. The van der Waals surface area contributed by atoms with Crippen LogP contribution in [0.25, 0.3) is 0 Å². The van der Waals surface area contributed by atoms with Gasteiger partial charge in [0, 0.05) is 44.0 Å². The molecular formula is C25H30N4O2S. The Morgan fingerprint density at radius 1 is 1.03 bits per heavy atom. The lowest BCUT2D eigenvalue weighted by Crippen LogP contribution is -2.36. The first-order chi connectivity index (χ1) is 15.7. The van der Waals surface area contributed by atoms with Gasteiger partial charge in [0.15, 0.2) is 11.5 Å². The number of benzene rings is 1. The zero-order chi connectivity index (χ0) is 21.9. The lowest BCUT2D eigenvalue weighted by Gasteiger charge is -2.33. The van der Waals surface area contributed by atoms with Crippen LogP contribution >= 0.6 is 11.3 Å². The molecule has 1 aromatic carbocycles. The van der Waals surface area contributed by atoms with Crippen molar-refractivity contribution in [2.24, 2.45) is 5.92 Å². The smallest absolute Gasteiger partial charge is 0.229 e. The highest BCUT2D eigenvalue weighted by Gasteiger charge is 2.27. The number of methoxy groups -OCH3 is 1. The Morgan fingerprint density at radius 3 is 2.59 bits per heavy atom. The first-order valence-electron chi connectivity index (χ1n) is 11.4. The maximum Gasteiger partial charge on any atom is 0.229 e. The summed E-state index contributed by atoms with van der Waals surface area (Å²) < 4.78 is 11.9. The van der Waals surface area contributed by atoms with Crippen LogP contribution in [0.4, 0.5) is 5.95 Å². The van der Waals surface area contributed by atoms with Crippen LogP contribution in [-0.2, 0) is 19.5 Å². The van der Waals surface area contributed by atoms with Crippen molar-refractivity contribution >= 4 is 17.3 Å². The monoisotopic (exact) mass is 450 g/mol. The van der Waals surface area contributed by atoms with Crippen molar-refractivity contribution in [3.05, 3.63) is 57.9 Å². The summed E-state index contributed by atoms with van der Waals surface area (Å²) in [6.07, 6.45) is 3.26. The van der Waals surface area contributed by atoms with Gasteiger partial charge in [-0.1, -0.05) is 25.1 Å². The van der Waals surface area contributed by atoms with E-state index in [1.54, 1.807) is 18.4 Å². The summed E-state index contributed by atoms with van der Waals surface area (Å²) in [5.74, 6) is 3.61. The minimum Gasteiger partial charge on any atom is -0.493 e. The number of ether oxygens (including phenoxy) is 2. The molecule has 1 saturated heterocycles. The highest BCUT2D eigenvalue weighted by Crippen LogP contribution is 2.36. The standard InChI is InChI=1S/C25H30N4O2S/c1-18-9-13-29(14-10-18)25-26-21-11-12-28(16-19-6-5-15-32-19)17-20(21)24(27-25)31-23-8-4-3-7-22(23)30-2/h3-8,15,18H,9-14,16-17H2,1-2H3. The van der Waals surface area contributed by atoms with Crippen LogP contribution in [0.15, 0.2) is 41.8 Å². The molecule has 0 atom stereocenters. The molecule has 0 aliphatic carbocycles. The second-order valence-electron chi connectivity index (χ2n) is 8.72. The summed E-state index contributed by atoms with van der Waals surface area (Å²) in [5, 5.41) is 2.14. The molecule has 2 aliphatic rings. The van der Waals surface area contributed by atoms with E-state index in [4.69, 9.17) is 19.4 Å². The molecule has 0 amide bonds. The largest absolute Gasteiger partial charge is 0.493 e. The Labute approximate surface area is 193 Å². The number of piperidine rings is 1. The molecule has 5 rings (SSSR count). The van der Waals surface area contributed by atoms with Crippen LogP contribution < -0.4 is 14.4 Å². The van der Waals surface area contributed by atoms with E-state index in [1.165, 1.54) is 17.7 Å². The summed E-state index contributed by atoms with van der Waals surface area (Å²) in [5.41, 5.74) is 2.20. The second kappa shape index (κ2) is 9.46. The molecule has 0 N–H and O–H groups in total. The summed E-state index contributed by atoms with van der Waals surface area (Å²) in [4.78, 5) is 16.1. The maximum atomic E-state index is 6.41. The van der Waals surface area contributed by atoms with E-state index < -0.39 is 0 Å². The molecule has 2 aromatic heterocycles. The average Bonchev–Trinajstić information content (AvgIpc) is 3.33. The van der Waals surface area contributed by atoms with Crippen molar-refractivity contribution in [3.63, 3.8) is 0 Å². The fourth-order valence-electron chi connectivity index (χ4n) is 4.43. The SMILES string of the molecule is COc1ccccc1Oc1nc(N2CCC(C)CC2)nc2c1CN(Cc1cccs1)CC2. The van der Waals surface area contributed by atoms with Crippen LogP contribution in [0, 0.1) is 5.92 Å². The van der Waals surface area contributed by atoms with Gasteiger partial charge in [0.25, 0.3) is 0 Å². The third-order valence-corrected chi connectivity index (χ3v) is 7.25. The molecule has 1 fully saturated rings. The highest BCUT2D eigenvalue weighted by molar-refractivity contribution is 7.09. The van der Waals surface area contributed by atoms with E-state index in [1.807, 2.05) is 24.3 Å². The van der Waals surface area contributed by atoms with E-state index in [0.717, 1.165) is 62.3 Å². The third kappa shape index (κ3) is 4.59. The first kappa shape index (κ1) is 21.2. The molecule has 2 aliphatic heterocycles. The van der Waals surface area contributed by atoms with Crippen molar-refractivity contribution in [1.82, 2.24) is 14.9 Å². The Morgan fingerprint density at radius 2 is 1.84 bits per heavy atom. The number of thiophene rings is 1.